The van der Waals surface area contributed by atoms with Crippen LogP contribution in [0.2, 0.25) is 0 Å². The number of hydrogen-bond donors (Lipinski definition) is 0. The third kappa shape index (κ3) is 2.07. The standard InChI is InChI=1S/C15H14N2/c1-2-6-13(7-3-1)12-17-11-5-8-14-15(17)9-4-10-16-14/h1-10H,11-12H2. The van der Waals surface area contributed by atoms with Gasteiger partial charge in [0.25, 0.3) is 0 Å². The fourth-order valence-electron chi connectivity index (χ4n) is 2.15. The number of fused-ring (bicyclic) bond motifs is 1. The number of aromatic nitrogens is 1. The molecule has 0 unspecified atom stereocenters. The van der Waals surface area contributed by atoms with Gasteiger partial charge in [0.1, 0.15) is 0 Å². The molecule has 84 valence electrons. The second-order valence-corrected chi connectivity index (χ2v) is 4.18. The Morgan fingerprint density at radius 3 is 2.82 bits per heavy atom. The molecule has 1 aromatic heterocycles. The van der Waals surface area contributed by atoms with E-state index in [9.17, 15) is 0 Å². The van der Waals surface area contributed by atoms with Crippen molar-refractivity contribution in [3.8, 4) is 0 Å². The molecule has 0 atom stereocenters. The summed E-state index contributed by atoms with van der Waals surface area (Å²) in [5, 5.41) is 0. The first-order chi connectivity index (χ1) is 8.43. The largest absolute Gasteiger partial charge is 0.362 e. The topological polar surface area (TPSA) is 16.1 Å². The fourth-order valence-corrected chi connectivity index (χ4v) is 2.15. The molecule has 1 aromatic carbocycles. The molecule has 1 aliphatic heterocycles. The van der Waals surface area contributed by atoms with E-state index in [0.717, 1.165) is 18.8 Å². The molecular weight excluding hydrogens is 208 g/mol. The van der Waals surface area contributed by atoms with Gasteiger partial charge in [0.15, 0.2) is 0 Å². The van der Waals surface area contributed by atoms with E-state index in [1.54, 1.807) is 0 Å². The zero-order valence-corrected chi connectivity index (χ0v) is 9.58. The summed E-state index contributed by atoms with van der Waals surface area (Å²) in [7, 11) is 0. The normalized spacial score (nSPS) is 13.5. The van der Waals surface area contributed by atoms with Crippen LogP contribution in [0.5, 0.6) is 0 Å². The number of pyridine rings is 1. The van der Waals surface area contributed by atoms with E-state index in [4.69, 9.17) is 0 Å². The van der Waals surface area contributed by atoms with Crippen LogP contribution in [0.25, 0.3) is 6.08 Å². The highest BCUT2D eigenvalue weighted by Crippen LogP contribution is 2.24. The van der Waals surface area contributed by atoms with Crippen molar-refractivity contribution in [1.29, 1.82) is 0 Å². The van der Waals surface area contributed by atoms with E-state index in [1.807, 2.05) is 12.3 Å². The van der Waals surface area contributed by atoms with Crippen molar-refractivity contribution in [1.82, 2.24) is 4.98 Å². The molecule has 2 heteroatoms. The van der Waals surface area contributed by atoms with Gasteiger partial charge in [0.05, 0.1) is 11.4 Å². The van der Waals surface area contributed by atoms with Crippen molar-refractivity contribution in [3.63, 3.8) is 0 Å². The second kappa shape index (κ2) is 4.42. The Bertz CT molecular complexity index is 532. The fraction of sp³-hybridized carbons (Fsp3) is 0.133. The van der Waals surface area contributed by atoms with Crippen LogP contribution in [0.3, 0.4) is 0 Å². The van der Waals surface area contributed by atoms with Gasteiger partial charge in [-0.05, 0) is 23.8 Å². The van der Waals surface area contributed by atoms with E-state index in [2.05, 4.69) is 58.4 Å². The maximum absolute atomic E-state index is 4.38. The van der Waals surface area contributed by atoms with Gasteiger partial charge >= 0.3 is 0 Å². The first-order valence-corrected chi connectivity index (χ1v) is 5.84. The summed E-state index contributed by atoms with van der Waals surface area (Å²) in [6.07, 6.45) is 6.10. The molecule has 0 spiro atoms. The summed E-state index contributed by atoms with van der Waals surface area (Å²) in [5.41, 5.74) is 3.62. The number of hydrogen-bond acceptors (Lipinski definition) is 2. The quantitative estimate of drug-likeness (QED) is 0.776. The van der Waals surface area contributed by atoms with Gasteiger partial charge in [-0.15, -0.1) is 0 Å². The van der Waals surface area contributed by atoms with Gasteiger partial charge in [-0.3, -0.25) is 4.98 Å². The predicted octanol–water partition coefficient (Wildman–Crippen LogP) is 3.12. The highest BCUT2D eigenvalue weighted by Gasteiger charge is 2.13. The average molecular weight is 222 g/mol. The molecule has 0 bridgehead atoms. The van der Waals surface area contributed by atoms with Gasteiger partial charge in [-0.25, -0.2) is 0 Å². The molecule has 0 fully saturated rings. The molecule has 2 nitrogen and oxygen atoms in total. The van der Waals surface area contributed by atoms with Crippen molar-refractivity contribution in [2.45, 2.75) is 6.54 Å². The van der Waals surface area contributed by atoms with Crippen molar-refractivity contribution in [2.75, 3.05) is 11.4 Å². The van der Waals surface area contributed by atoms with Crippen LogP contribution in [-0.2, 0) is 6.54 Å². The van der Waals surface area contributed by atoms with E-state index >= 15 is 0 Å². The maximum atomic E-state index is 4.38. The highest BCUT2D eigenvalue weighted by molar-refractivity contribution is 5.68. The molecule has 0 saturated heterocycles. The van der Waals surface area contributed by atoms with Crippen molar-refractivity contribution in [2.24, 2.45) is 0 Å². The number of nitrogens with zero attached hydrogens (tertiary/aromatic N) is 2. The maximum Gasteiger partial charge on any atom is 0.0860 e. The summed E-state index contributed by atoms with van der Waals surface area (Å²) in [6, 6.07) is 14.7. The van der Waals surface area contributed by atoms with Crippen LogP contribution < -0.4 is 4.90 Å². The lowest BCUT2D eigenvalue weighted by molar-refractivity contribution is 0.855. The zero-order valence-electron chi connectivity index (χ0n) is 9.58. The average Bonchev–Trinajstić information content (AvgIpc) is 2.40. The molecule has 0 N–H and O–H groups in total. The van der Waals surface area contributed by atoms with E-state index in [0.29, 0.717) is 0 Å². The Kier molecular flexibility index (Phi) is 2.62. The monoisotopic (exact) mass is 222 g/mol. The lowest BCUT2D eigenvalue weighted by Gasteiger charge is -2.27. The Labute approximate surface area is 101 Å². The number of benzene rings is 1. The SMILES string of the molecule is C1=Cc2ncccc2N(Cc2ccccc2)C1. The smallest absolute Gasteiger partial charge is 0.0860 e. The van der Waals surface area contributed by atoms with Crippen molar-refractivity contribution < 1.29 is 0 Å². The summed E-state index contributed by atoms with van der Waals surface area (Å²) in [4.78, 5) is 6.73. The predicted molar refractivity (Wildman–Crippen MR) is 70.8 cm³/mol. The molecule has 0 aliphatic carbocycles. The molecule has 1 aliphatic rings. The van der Waals surface area contributed by atoms with Gasteiger partial charge < -0.3 is 4.90 Å². The Morgan fingerprint density at radius 2 is 1.94 bits per heavy atom. The van der Waals surface area contributed by atoms with E-state index in [-0.39, 0.29) is 0 Å². The van der Waals surface area contributed by atoms with Gasteiger partial charge in [0.2, 0.25) is 0 Å². The van der Waals surface area contributed by atoms with Gasteiger partial charge in [0, 0.05) is 19.3 Å². The Balaban J connectivity index is 1.88. The third-order valence-electron chi connectivity index (χ3n) is 2.97. The number of rotatable bonds is 2. The second-order valence-electron chi connectivity index (χ2n) is 4.18. The van der Waals surface area contributed by atoms with Crippen LogP contribution >= 0.6 is 0 Å². The minimum absolute atomic E-state index is 0.934. The molecular formula is C15H14N2. The van der Waals surface area contributed by atoms with Crippen molar-refractivity contribution >= 4 is 11.8 Å². The minimum Gasteiger partial charge on any atom is -0.362 e. The first-order valence-electron chi connectivity index (χ1n) is 5.84. The Morgan fingerprint density at radius 1 is 1.06 bits per heavy atom. The van der Waals surface area contributed by atoms with Gasteiger partial charge in [-0.1, -0.05) is 36.4 Å². The molecule has 2 aromatic rings. The lowest BCUT2D eigenvalue weighted by atomic mass is 10.1. The highest BCUT2D eigenvalue weighted by atomic mass is 15.1. The van der Waals surface area contributed by atoms with Crippen LogP contribution in [0, 0.1) is 0 Å². The lowest BCUT2D eigenvalue weighted by Crippen LogP contribution is -2.25. The summed E-state index contributed by atoms with van der Waals surface area (Å²) >= 11 is 0. The minimum atomic E-state index is 0.934. The molecule has 0 saturated carbocycles. The zero-order chi connectivity index (χ0) is 11.5. The third-order valence-corrected chi connectivity index (χ3v) is 2.97. The summed E-state index contributed by atoms with van der Waals surface area (Å²) in [6.45, 7) is 1.89. The first kappa shape index (κ1) is 10.1. The molecule has 3 rings (SSSR count). The van der Waals surface area contributed by atoms with Crippen LogP contribution in [0.15, 0.2) is 54.7 Å². The van der Waals surface area contributed by atoms with Gasteiger partial charge in [-0.2, -0.15) is 0 Å². The molecule has 0 radical (unpaired) electrons. The molecule has 2 heterocycles. The van der Waals surface area contributed by atoms with Crippen LogP contribution in [0.4, 0.5) is 5.69 Å². The Hall–Kier alpha value is -2.09. The summed E-state index contributed by atoms with van der Waals surface area (Å²) < 4.78 is 0. The summed E-state index contributed by atoms with van der Waals surface area (Å²) in [5.74, 6) is 0. The molecule has 0 amide bonds. The number of anilines is 1. The van der Waals surface area contributed by atoms with Crippen LogP contribution in [-0.4, -0.2) is 11.5 Å². The van der Waals surface area contributed by atoms with Crippen LogP contribution in [0.1, 0.15) is 11.3 Å². The van der Waals surface area contributed by atoms with Crippen molar-refractivity contribution in [3.05, 3.63) is 66.0 Å². The van der Waals surface area contributed by atoms with E-state index in [1.165, 1.54) is 11.3 Å². The molecule has 17 heavy (non-hydrogen) atoms. The van der Waals surface area contributed by atoms with E-state index < -0.39 is 0 Å².